The van der Waals surface area contributed by atoms with E-state index in [9.17, 15) is 24.3 Å². The first-order chi connectivity index (χ1) is 32.5. The van der Waals surface area contributed by atoms with Gasteiger partial charge < -0.3 is 57.8 Å². The summed E-state index contributed by atoms with van der Waals surface area (Å²) in [4.78, 5) is 70.3. The van der Waals surface area contributed by atoms with Crippen molar-refractivity contribution < 1.29 is 76.4 Å². The van der Waals surface area contributed by atoms with Crippen LogP contribution in [0.3, 0.4) is 0 Å². The maximum absolute atomic E-state index is 15.2. The standard InChI is InChI=1S/C52H77NO16/c1-12-14-19-23-51(24-20-15-13-2)64-30-35(68-51)29-62-46(58)66-42(40(33-21-17-16-18-22-33)53-45(57)69-47(4,5)6)44(56)65-34-25-36-41(61-11)43(55)49(9)37(28-50(59,27-34)48(36,7)8)52(67-32(3)54)31-63-39(52)26-38(49)60-10/h16-18,21-22,25,34-35,37-42,59H,12-15,19-20,23-24,26-31H2,1-11H3,(H,53,57)/t34-,35?,37+,38+,39-,40+,41-,42-,49+,50-,52-/m1/s1. The van der Waals surface area contributed by atoms with E-state index in [1.54, 1.807) is 78.0 Å². The fraction of sp³-hybridized carbons (Fsp3) is 0.750. The lowest BCUT2D eigenvalue weighted by Gasteiger charge is -2.66. The summed E-state index contributed by atoms with van der Waals surface area (Å²) in [5, 5.41) is 15.9. The third kappa shape index (κ3) is 11.3. The predicted molar refractivity (Wildman–Crippen MR) is 250 cm³/mol. The molecule has 1 aromatic rings. The monoisotopic (exact) mass is 972 g/mol. The zero-order valence-corrected chi connectivity index (χ0v) is 42.6. The molecule has 5 aliphatic rings. The van der Waals surface area contributed by atoms with Crippen molar-refractivity contribution in [1.82, 2.24) is 5.32 Å². The number of nitrogens with one attached hydrogen (secondary N) is 1. The fourth-order valence-electron chi connectivity index (χ4n) is 11.3. The Morgan fingerprint density at radius 2 is 1.61 bits per heavy atom. The summed E-state index contributed by atoms with van der Waals surface area (Å²) in [6, 6.07) is 7.04. The number of esters is 2. The van der Waals surface area contributed by atoms with Gasteiger partial charge in [0.15, 0.2) is 17.2 Å². The Labute approximate surface area is 407 Å². The number of rotatable bonds is 19. The van der Waals surface area contributed by atoms with Crippen LogP contribution in [-0.2, 0) is 61.8 Å². The van der Waals surface area contributed by atoms with Gasteiger partial charge in [-0.2, -0.15) is 0 Å². The van der Waals surface area contributed by atoms with E-state index in [0.717, 1.165) is 38.5 Å². The van der Waals surface area contributed by atoms with Crippen molar-refractivity contribution in [3.63, 3.8) is 0 Å². The maximum atomic E-state index is 15.2. The third-order valence-corrected chi connectivity index (χ3v) is 15.2. The van der Waals surface area contributed by atoms with Crippen molar-refractivity contribution in [3.8, 4) is 0 Å². The Morgan fingerprint density at radius 1 is 0.942 bits per heavy atom. The zero-order chi connectivity index (χ0) is 50.6. The van der Waals surface area contributed by atoms with Crippen LogP contribution in [0.4, 0.5) is 9.59 Å². The number of unbranched alkanes of at least 4 members (excludes halogenated alkanes) is 4. The van der Waals surface area contributed by atoms with Crippen molar-refractivity contribution in [1.29, 1.82) is 0 Å². The van der Waals surface area contributed by atoms with E-state index < -0.39 is 106 Å². The molecule has 2 bridgehead atoms. The van der Waals surface area contributed by atoms with Gasteiger partial charge in [0.25, 0.3) is 0 Å². The molecule has 17 nitrogen and oxygen atoms in total. The largest absolute Gasteiger partial charge is 0.509 e. The van der Waals surface area contributed by atoms with Gasteiger partial charge in [-0.1, -0.05) is 83.7 Å². The maximum Gasteiger partial charge on any atom is 0.509 e. The van der Waals surface area contributed by atoms with Gasteiger partial charge >= 0.3 is 24.2 Å². The van der Waals surface area contributed by atoms with Crippen molar-refractivity contribution in [2.24, 2.45) is 16.7 Å². The minimum atomic E-state index is -1.88. The first kappa shape index (κ1) is 54.2. The Morgan fingerprint density at radius 3 is 2.17 bits per heavy atom. The van der Waals surface area contributed by atoms with Crippen LogP contribution < -0.4 is 5.32 Å². The van der Waals surface area contributed by atoms with Gasteiger partial charge in [0, 0.05) is 58.2 Å². The van der Waals surface area contributed by atoms with Gasteiger partial charge in [0.05, 0.1) is 30.3 Å². The lowest BCUT2D eigenvalue weighted by Crippen LogP contribution is -2.77. The van der Waals surface area contributed by atoms with E-state index in [4.69, 9.17) is 47.4 Å². The summed E-state index contributed by atoms with van der Waals surface area (Å²) in [5.74, 6) is -3.67. The molecule has 4 fully saturated rings. The molecule has 11 atom stereocenters. The number of alkyl carbamates (subject to hydrolysis) is 1. The summed E-state index contributed by atoms with van der Waals surface area (Å²) in [6.45, 7) is 15.9. The number of methoxy groups -OCH3 is 2. The Bertz CT molecular complexity index is 2010. The van der Waals surface area contributed by atoms with Gasteiger partial charge in [-0.05, 0) is 64.2 Å². The van der Waals surface area contributed by atoms with E-state index in [0.29, 0.717) is 24.0 Å². The predicted octanol–water partition coefficient (Wildman–Crippen LogP) is 7.78. The SMILES string of the molecule is CCCCCC1(CCCCC)OCC(COC(=O)O[C@@H](C(=O)O[C@@H]2C=C3[C@@H](OC)C(=O)[C@]4(C)[C@@H](OC)C[C@H]5OC[C@@]5(OC(C)=O)[C@H]4C[C@](O)(C2)C3(C)C)[C@@H](NC(=O)OC(C)(C)C)c2ccccc2)O1. The zero-order valence-electron chi connectivity index (χ0n) is 42.6. The van der Waals surface area contributed by atoms with Crippen LogP contribution in [0.25, 0.3) is 0 Å². The normalized spacial score (nSPS) is 32.0. The first-order valence-electron chi connectivity index (χ1n) is 24.8. The van der Waals surface area contributed by atoms with E-state index in [1.807, 2.05) is 0 Å². The van der Waals surface area contributed by atoms with Crippen LogP contribution in [0, 0.1) is 16.7 Å². The number of hydrogen-bond acceptors (Lipinski definition) is 16. The Balaban J connectivity index is 1.33. The van der Waals surface area contributed by atoms with Crippen molar-refractivity contribution in [2.45, 2.75) is 198 Å². The van der Waals surface area contributed by atoms with Crippen molar-refractivity contribution in [3.05, 3.63) is 47.5 Å². The summed E-state index contributed by atoms with van der Waals surface area (Å²) < 4.78 is 60.2. The number of ether oxygens (including phenoxy) is 10. The van der Waals surface area contributed by atoms with E-state index >= 15 is 4.79 Å². The number of fused-ring (bicyclic) bond motifs is 5. The molecule has 2 aliphatic heterocycles. The molecule has 17 heteroatoms. The molecule has 3 aliphatic carbocycles. The molecule has 1 unspecified atom stereocenters. The van der Waals surface area contributed by atoms with Gasteiger partial charge in [0.2, 0.25) is 6.10 Å². The smallest absolute Gasteiger partial charge is 0.455 e. The van der Waals surface area contributed by atoms with Crippen LogP contribution in [0.1, 0.15) is 145 Å². The Kier molecular flexibility index (Phi) is 17.0. The van der Waals surface area contributed by atoms with Crippen LogP contribution >= 0.6 is 0 Å². The summed E-state index contributed by atoms with van der Waals surface area (Å²) >= 11 is 0. The van der Waals surface area contributed by atoms with Gasteiger partial charge in [-0.3, -0.25) is 9.59 Å². The highest BCUT2D eigenvalue weighted by molar-refractivity contribution is 5.93. The number of amides is 1. The molecule has 2 N–H and O–H groups in total. The van der Waals surface area contributed by atoms with Gasteiger partial charge in [0.1, 0.15) is 42.7 Å². The molecule has 0 spiro atoms. The molecule has 2 saturated carbocycles. The van der Waals surface area contributed by atoms with Crippen LogP contribution in [0.2, 0.25) is 0 Å². The highest BCUT2D eigenvalue weighted by Crippen LogP contribution is 2.63. The molecule has 1 aromatic carbocycles. The minimum absolute atomic E-state index is 0.00415. The molecule has 2 saturated heterocycles. The number of hydrogen-bond donors (Lipinski definition) is 2. The fourth-order valence-corrected chi connectivity index (χ4v) is 11.3. The van der Waals surface area contributed by atoms with Crippen LogP contribution in [-0.4, -0.2) is 128 Å². The Hall–Kier alpha value is -4.13. The number of carbonyl (C=O) groups is 5. The molecule has 0 radical (unpaired) electrons. The number of Topliss-reactive ketones (excluding diaryl/α,β-unsaturated/α-hetero) is 1. The minimum Gasteiger partial charge on any atom is -0.455 e. The summed E-state index contributed by atoms with van der Waals surface area (Å²) in [6.07, 6.45) is 0.461. The van der Waals surface area contributed by atoms with Gasteiger partial charge in [-0.15, -0.1) is 0 Å². The molecule has 1 amide bonds. The average molecular weight is 972 g/mol. The second-order valence-electron chi connectivity index (χ2n) is 21.3. The summed E-state index contributed by atoms with van der Waals surface area (Å²) in [5.41, 5.74) is -5.76. The second-order valence-corrected chi connectivity index (χ2v) is 21.3. The highest BCUT2D eigenvalue weighted by atomic mass is 16.8. The van der Waals surface area contributed by atoms with Crippen molar-refractivity contribution in [2.75, 3.05) is 34.0 Å². The average Bonchev–Trinajstić information content (AvgIpc) is 3.68. The lowest BCUT2D eigenvalue weighted by molar-refractivity contribution is -0.329. The van der Waals surface area contributed by atoms with E-state index in [2.05, 4.69) is 19.2 Å². The third-order valence-electron chi connectivity index (χ3n) is 15.2. The second kappa shape index (κ2) is 21.7. The van der Waals surface area contributed by atoms with Crippen molar-refractivity contribution >= 4 is 30.0 Å². The quantitative estimate of drug-likeness (QED) is 0.0587. The number of benzene rings is 1. The number of ketones is 1. The van der Waals surface area contributed by atoms with E-state index in [-0.39, 0.29) is 44.9 Å². The lowest BCUT2D eigenvalue weighted by atomic mass is 9.46. The molecular formula is C52H77NO16. The highest BCUT2D eigenvalue weighted by Gasteiger charge is 2.74. The van der Waals surface area contributed by atoms with Crippen LogP contribution in [0.5, 0.6) is 0 Å². The topological polar surface area (TPSA) is 210 Å². The van der Waals surface area contributed by atoms with Crippen LogP contribution in [0.15, 0.2) is 42.0 Å². The molecule has 2 heterocycles. The summed E-state index contributed by atoms with van der Waals surface area (Å²) in [7, 11) is 2.90. The molecule has 0 aromatic heterocycles. The van der Waals surface area contributed by atoms with Gasteiger partial charge in [-0.25, -0.2) is 14.4 Å². The van der Waals surface area contributed by atoms with E-state index in [1.165, 1.54) is 21.1 Å². The molecular weight excluding hydrogens is 895 g/mol. The molecule has 69 heavy (non-hydrogen) atoms. The molecule has 6 rings (SSSR count). The first-order valence-corrected chi connectivity index (χ1v) is 24.8. The number of aliphatic hydroxyl groups is 1. The molecule has 386 valence electrons. The number of carbonyl (C=O) groups excluding carboxylic acids is 5.